The Morgan fingerprint density at radius 3 is 2.55 bits per heavy atom. The molecule has 146 valence electrons. The summed E-state index contributed by atoms with van der Waals surface area (Å²) in [5.41, 5.74) is 2.09. The van der Waals surface area contributed by atoms with E-state index in [1.165, 1.54) is 24.3 Å². The Morgan fingerprint density at radius 1 is 1.07 bits per heavy atom. The molecular formula is C21H17FN4O3. The fourth-order valence-corrected chi connectivity index (χ4v) is 2.89. The zero-order valence-corrected chi connectivity index (χ0v) is 15.8. The standard InChI is InChI=1S/C21H17FN4O3/c1-3-16-18(15-6-4-5-11-23-15)25-21(29-16)26-20(27)19-17(24-12(2)28-19)13-7-9-14(22)10-8-13/h4-11H,3H2,1-2H3,(H,25,26,27). The molecule has 0 saturated carbocycles. The van der Waals surface area contributed by atoms with E-state index in [2.05, 4.69) is 20.3 Å². The van der Waals surface area contributed by atoms with Gasteiger partial charge in [0, 0.05) is 25.1 Å². The minimum atomic E-state index is -0.568. The Morgan fingerprint density at radius 2 is 1.86 bits per heavy atom. The summed E-state index contributed by atoms with van der Waals surface area (Å²) < 4.78 is 24.4. The fourth-order valence-electron chi connectivity index (χ4n) is 2.89. The van der Waals surface area contributed by atoms with Crippen molar-refractivity contribution < 1.29 is 18.0 Å². The number of aromatic nitrogens is 3. The molecule has 1 amide bonds. The number of aryl methyl sites for hydroxylation is 2. The quantitative estimate of drug-likeness (QED) is 0.531. The van der Waals surface area contributed by atoms with E-state index in [4.69, 9.17) is 8.83 Å². The number of oxazole rings is 2. The topological polar surface area (TPSA) is 94.1 Å². The Labute approximate surface area is 165 Å². The summed E-state index contributed by atoms with van der Waals surface area (Å²) in [4.78, 5) is 25.7. The monoisotopic (exact) mass is 392 g/mol. The molecule has 0 saturated heterocycles. The fraction of sp³-hybridized carbons (Fsp3) is 0.143. The first-order valence-electron chi connectivity index (χ1n) is 9.01. The molecule has 7 nitrogen and oxygen atoms in total. The van der Waals surface area contributed by atoms with Crippen LogP contribution in [0.4, 0.5) is 10.4 Å². The zero-order chi connectivity index (χ0) is 20.4. The first kappa shape index (κ1) is 18.5. The van der Waals surface area contributed by atoms with Gasteiger partial charge in [0.15, 0.2) is 5.89 Å². The Kier molecular flexibility index (Phi) is 4.90. The first-order valence-corrected chi connectivity index (χ1v) is 9.01. The molecule has 0 spiro atoms. The first-order chi connectivity index (χ1) is 14.0. The number of pyridine rings is 1. The molecule has 0 fully saturated rings. The second kappa shape index (κ2) is 7.67. The van der Waals surface area contributed by atoms with Gasteiger partial charge >= 0.3 is 6.01 Å². The maximum absolute atomic E-state index is 13.2. The lowest BCUT2D eigenvalue weighted by Crippen LogP contribution is -2.12. The van der Waals surface area contributed by atoms with Gasteiger partial charge in [-0.2, -0.15) is 4.98 Å². The third-order valence-corrected chi connectivity index (χ3v) is 4.20. The van der Waals surface area contributed by atoms with Crippen LogP contribution in [0, 0.1) is 12.7 Å². The Balaban J connectivity index is 1.64. The van der Waals surface area contributed by atoms with E-state index in [0.717, 1.165) is 0 Å². The van der Waals surface area contributed by atoms with E-state index < -0.39 is 5.91 Å². The van der Waals surface area contributed by atoms with E-state index in [-0.39, 0.29) is 17.6 Å². The average Bonchev–Trinajstić information content (AvgIpc) is 3.32. The molecule has 4 rings (SSSR count). The molecule has 1 aromatic carbocycles. The number of anilines is 1. The van der Waals surface area contributed by atoms with Crippen LogP contribution in [-0.2, 0) is 6.42 Å². The number of rotatable bonds is 5. The summed E-state index contributed by atoms with van der Waals surface area (Å²) in [7, 11) is 0. The number of amides is 1. The second-order valence-electron chi connectivity index (χ2n) is 6.23. The molecule has 0 bridgehead atoms. The number of carbonyl (C=O) groups is 1. The maximum atomic E-state index is 13.2. The smallest absolute Gasteiger partial charge is 0.302 e. The molecule has 3 heterocycles. The van der Waals surface area contributed by atoms with Crippen molar-refractivity contribution in [1.29, 1.82) is 0 Å². The van der Waals surface area contributed by atoms with Gasteiger partial charge in [-0.1, -0.05) is 13.0 Å². The number of nitrogens with zero attached hydrogens (tertiary/aromatic N) is 3. The number of benzene rings is 1. The molecule has 0 aliphatic rings. The summed E-state index contributed by atoms with van der Waals surface area (Å²) >= 11 is 0. The van der Waals surface area contributed by atoms with Gasteiger partial charge in [0.1, 0.15) is 23.0 Å². The molecule has 0 aliphatic carbocycles. The van der Waals surface area contributed by atoms with Crippen molar-refractivity contribution in [1.82, 2.24) is 15.0 Å². The van der Waals surface area contributed by atoms with E-state index in [1.54, 1.807) is 19.2 Å². The lowest BCUT2D eigenvalue weighted by Gasteiger charge is -2.01. The molecule has 3 aromatic heterocycles. The van der Waals surface area contributed by atoms with Crippen molar-refractivity contribution in [2.24, 2.45) is 0 Å². The van der Waals surface area contributed by atoms with Gasteiger partial charge < -0.3 is 8.83 Å². The summed E-state index contributed by atoms with van der Waals surface area (Å²) in [5.74, 6) is -0.0446. The molecular weight excluding hydrogens is 375 g/mol. The lowest BCUT2D eigenvalue weighted by atomic mass is 10.1. The predicted molar refractivity (Wildman–Crippen MR) is 104 cm³/mol. The molecule has 29 heavy (non-hydrogen) atoms. The zero-order valence-electron chi connectivity index (χ0n) is 15.8. The van der Waals surface area contributed by atoms with Crippen molar-refractivity contribution in [3.63, 3.8) is 0 Å². The normalized spacial score (nSPS) is 10.9. The SMILES string of the molecule is CCc1oc(NC(=O)c2oc(C)nc2-c2ccc(F)cc2)nc1-c1ccccn1. The van der Waals surface area contributed by atoms with Crippen LogP contribution < -0.4 is 5.32 Å². The van der Waals surface area contributed by atoms with Gasteiger partial charge in [0.25, 0.3) is 5.91 Å². The highest BCUT2D eigenvalue weighted by Gasteiger charge is 2.23. The van der Waals surface area contributed by atoms with Gasteiger partial charge in [-0.15, -0.1) is 0 Å². The third-order valence-electron chi connectivity index (χ3n) is 4.20. The van der Waals surface area contributed by atoms with Crippen LogP contribution in [0.15, 0.2) is 57.5 Å². The van der Waals surface area contributed by atoms with E-state index >= 15 is 0 Å². The van der Waals surface area contributed by atoms with Crippen LogP contribution in [0.1, 0.15) is 29.1 Å². The van der Waals surface area contributed by atoms with Gasteiger partial charge in [-0.25, -0.2) is 9.37 Å². The number of halogens is 1. The molecule has 8 heteroatoms. The largest absolute Gasteiger partial charge is 0.435 e. The van der Waals surface area contributed by atoms with Crippen molar-refractivity contribution in [2.75, 3.05) is 5.32 Å². The summed E-state index contributed by atoms with van der Waals surface area (Å²) in [6.45, 7) is 3.55. The maximum Gasteiger partial charge on any atom is 0.302 e. The molecule has 0 unspecified atom stereocenters. The average molecular weight is 392 g/mol. The van der Waals surface area contributed by atoms with E-state index in [9.17, 15) is 9.18 Å². The van der Waals surface area contributed by atoms with Crippen LogP contribution >= 0.6 is 0 Å². The molecule has 1 N–H and O–H groups in total. The summed E-state index contributed by atoms with van der Waals surface area (Å²) in [6.07, 6.45) is 2.24. The van der Waals surface area contributed by atoms with Gasteiger partial charge in [-0.3, -0.25) is 15.1 Å². The van der Waals surface area contributed by atoms with Crippen molar-refractivity contribution in [2.45, 2.75) is 20.3 Å². The minimum absolute atomic E-state index is 0.00950. The highest BCUT2D eigenvalue weighted by atomic mass is 19.1. The van der Waals surface area contributed by atoms with Crippen LogP contribution in [0.5, 0.6) is 0 Å². The van der Waals surface area contributed by atoms with E-state index in [1.807, 2.05) is 19.1 Å². The van der Waals surface area contributed by atoms with E-state index in [0.29, 0.717) is 40.7 Å². The lowest BCUT2D eigenvalue weighted by molar-refractivity contribution is 0.0993. The molecule has 0 aliphatic heterocycles. The molecule has 0 radical (unpaired) electrons. The highest BCUT2D eigenvalue weighted by Crippen LogP contribution is 2.28. The highest BCUT2D eigenvalue weighted by molar-refractivity contribution is 6.05. The van der Waals surface area contributed by atoms with Crippen LogP contribution in [0.25, 0.3) is 22.6 Å². The number of nitrogens with one attached hydrogen (secondary N) is 1. The van der Waals surface area contributed by atoms with Gasteiger partial charge in [-0.05, 0) is 36.4 Å². The molecule has 4 aromatic rings. The third kappa shape index (κ3) is 3.77. The van der Waals surface area contributed by atoms with Crippen LogP contribution in [0.2, 0.25) is 0 Å². The second-order valence-corrected chi connectivity index (χ2v) is 6.23. The number of hydrogen-bond acceptors (Lipinski definition) is 6. The van der Waals surface area contributed by atoms with Crippen molar-refractivity contribution in [3.8, 4) is 22.6 Å². The summed E-state index contributed by atoms with van der Waals surface area (Å²) in [6, 6.07) is 11.2. The van der Waals surface area contributed by atoms with Gasteiger partial charge in [0.05, 0.1) is 5.69 Å². The van der Waals surface area contributed by atoms with Gasteiger partial charge in [0.2, 0.25) is 5.76 Å². The molecule has 0 atom stereocenters. The van der Waals surface area contributed by atoms with Crippen LogP contribution in [0.3, 0.4) is 0 Å². The number of carbonyl (C=O) groups excluding carboxylic acids is 1. The Hall–Kier alpha value is -3.81. The summed E-state index contributed by atoms with van der Waals surface area (Å²) in [5, 5.41) is 2.61. The predicted octanol–water partition coefficient (Wildman–Crippen LogP) is 4.65. The number of hydrogen-bond donors (Lipinski definition) is 1. The van der Waals surface area contributed by atoms with Crippen molar-refractivity contribution >= 4 is 11.9 Å². The Bertz CT molecular complexity index is 1150. The van der Waals surface area contributed by atoms with Crippen molar-refractivity contribution in [3.05, 3.63) is 71.9 Å². The minimum Gasteiger partial charge on any atom is -0.435 e. The van der Waals surface area contributed by atoms with Crippen LogP contribution in [-0.4, -0.2) is 20.9 Å².